The van der Waals surface area contributed by atoms with Crippen molar-refractivity contribution in [3.63, 3.8) is 0 Å². The molecule has 0 heterocycles. The van der Waals surface area contributed by atoms with Crippen LogP contribution in [-0.4, -0.2) is 50.8 Å². The van der Waals surface area contributed by atoms with E-state index >= 15 is 0 Å². The highest BCUT2D eigenvalue weighted by atomic mass is 32.2. The molecule has 1 aromatic rings. The van der Waals surface area contributed by atoms with Gasteiger partial charge in [-0.15, -0.1) is 0 Å². The van der Waals surface area contributed by atoms with Crippen LogP contribution in [0.4, 0.5) is 0 Å². The number of rotatable bonds is 5. The van der Waals surface area contributed by atoms with E-state index in [0.717, 1.165) is 6.26 Å². The smallest absolute Gasteiger partial charge is 0.253 e. The van der Waals surface area contributed by atoms with Crippen molar-refractivity contribution in [2.24, 2.45) is 0 Å². The summed E-state index contributed by atoms with van der Waals surface area (Å²) in [5, 5.41) is 8.69. The second kappa shape index (κ2) is 5.97. The minimum Gasteiger partial charge on any atom is -0.396 e. The van der Waals surface area contributed by atoms with E-state index in [2.05, 4.69) is 0 Å². The number of benzene rings is 1. The minimum absolute atomic E-state index is 0.0324. The summed E-state index contributed by atoms with van der Waals surface area (Å²) in [5.74, 6) is -0.191. The fourth-order valence-corrected chi connectivity index (χ4v) is 2.10. The average Bonchev–Trinajstić information content (AvgIpc) is 2.34. The zero-order valence-electron chi connectivity index (χ0n) is 10.5. The van der Waals surface area contributed by atoms with E-state index in [1.54, 1.807) is 7.05 Å². The van der Waals surface area contributed by atoms with Gasteiger partial charge in [-0.2, -0.15) is 0 Å². The molecule has 0 saturated carbocycles. The van der Waals surface area contributed by atoms with Crippen LogP contribution in [0.1, 0.15) is 16.8 Å². The second-order valence-corrected chi connectivity index (χ2v) is 6.12. The van der Waals surface area contributed by atoms with Crippen molar-refractivity contribution in [1.29, 1.82) is 0 Å². The monoisotopic (exact) mass is 271 g/mol. The van der Waals surface area contributed by atoms with Crippen molar-refractivity contribution >= 4 is 15.7 Å². The average molecular weight is 271 g/mol. The van der Waals surface area contributed by atoms with Crippen LogP contribution in [0, 0.1) is 0 Å². The van der Waals surface area contributed by atoms with Crippen molar-refractivity contribution in [3.8, 4) is 0 Å². The molecule has 18 heavy (non-hydrogen) atoms. The maximum Gasteiger partial charge on any atom is 0.253 e. The summed E-state index contributed by atoms with van der Waals surface area (Å²) >= 11 is 0. The Labute approximate surface area is 107 Å². The molecule has 6 heteroatoms. The van der Waals surface area contributed by atoms with Crippen LogP contribution >= 0.6 is 0 Å². The fraction of sp³-hybridized carbons (Fsp3) is 0.417. The standard InChI is InChI=1S/C12H17NO4S/c1-13(8-3-9-14)12(15)10-4-6-11(7-5-10)18(2,16)17/h4-7,14H,3,8-9H2,1-2H3. The first-order valence-electron chi connectivity index (χ1n) is 5.52. The summed E-state index contributed by atoms with van der Waals surface area (Å²) in [6, 6.07) is 5.83. The van der Waals surface area contributed by atoms with Crippen LogP contribution in [0.5, 0.6) is 0 Å². The number of aliphatic hydroxyl groups excluding tert-OH is 1. The summed E-state index contributed by atoms with van der Waals surface area (Å²) in [7, 11) is -1.60. The van der Waals surface area contributed by atoms with Gasteiger partial charge >= 0.3 is 0 Å². The van der Waals surface area contributed by atoms with E-state index in [0.29, 0.717) is 18.5 Å². The lowest BCUT2D eigenvalue weighted by molar-refractivity contribution is 0.0786. The van der Waals surface area contributed by atoms with Gasteiger partial charge in [0.1, 0.15) is 0 Å². The van der Waals surface area contributed by atoms with Gasteiger partial charge in [0.15, 0.2) is 9.84 Å². The molecular weight excluding hydrogens is 254 g/mol. The van der Waals surface area contributed by atoms with Gasteiger partial charge in [-0.25, -0.2) is 8.42 Å². The Balaban J connectivity index is 2.82. The number of carbonyl (C=O) groups is 1. The van der Waals surface area contributed by atoms with E-state index in [4.69, 9.17) is 5.11 Å². The summed E-state index contributed by atoms with van der Waals surface area (Å²) < 4.78 is 22.5. The lowest BCUT2D eigenvalue weighted by atomic mass is 10.2. The first-order valence-corrected chi connectivity index (χ1v) is 7.42. The van der Waals surface area contributed by atoms with Gasteiger partial charge in [0.2, 0.25) is 0 Å². The van der Waals surface area contributed by atoms with Crippen molar-refractivity contribution in [1.82, 2.24) is 4.90 Å². The van der Waals surface area contributed by atoms with Crippen LogP contribution in [0.15, 0.2) is 29.2 Å². The SMILES string of the molecule is CN(CCCO)C(=O)c1ccc(S(C)(=O)=O)cc1. The molecule has 0 aromatic heterocycles. The number of aliphatic hydroxyl groups is 1. The van der Waals surface area contributed by atoms with E-state index in [1.165, 1.54) is 29.2 Å². The van der Waals surface area contributed by atoms with E-state index in [1.807, 2.05) is 0 Å². The van der Waals surface area contributed by atoms with Crippen LogP contribution in [0.3, 0.4) is 0 Å². The number of nitrogens with zero attached hydrogens (tertiary/aromatic N) is 1. The zero-order valence-corrected chi connectivity index (χ0v) is 11.3. The minimum atomic E-state index is -3.24. The van der Waals surface area contributed by atoms with Gasteiger partial charge in [-0.1, -0.05) is 0 Å². The van der Waals surface area contributed by atoms with Crippen molar-refractivity contribution in [2.45, 2.75) is 11.3 Å². The number of hydrogen-bond acceptors (Lipinski definition) is 4. The molecule has 1 aromatic carbocycles. The van der Waals surface area contributed by atoms with Crippen LogP contribution in [0.2, 0.25) is 0 Å². The molecule has 0 spiro atoms. The number of amides is 1. The highest BCUT2D eigenvalue weighted by Gasteiger charge is 2.13. The highest BCUT2D eigenvalue weighted by Crippen LogP contribution is 2.11. The van der Waals surface area contributed by atoms with E-state index in [9.17, 15) is 13.2 Å². The molecule has 0 bridgehead atoms. The first-order chi connectivity index (χ1) is 8.36. The van der Waals surface area contributed by atoms with Gasteiger partial charge in [0, 0.05) is 32.0 Å². The third-order valence-corrected chi connectivity index (χ3v) is 3.66. The molecule has 0 aliphatic rings. The molecule has 5 nitrogen and oxygen atoms in total. The Morgan fingerprint density at radius 2 is 1.83 bits per heavy atom. The van der Waals surface area contributed by atoms with Gasteiger partial charge in [-0.3, -0.25) is 4.79 Å². The van der Waals surface area contributed by atoms with E-state index in [-0.39, 0.29) is 17.4 Å². The predicted molar refractivity (Wildman–Crippen MR) is 68.2 cm³/mol. The Morgan fingerprint density at radius 1 is 1.28 bits per heavy atom. The third-order valence-electron chi connectivity index (χ3n) is 2.53. The largest absolute Gasteiger partial charge is 0.396 e. The maximum atomic E-state index is 11.9. The van der Waals surface area contributed by atoms with Gasteiger partial charge in [-0.05, 0) is 30.7 Å². The molecule has 0 aliphatic heterocycles. The fourth-order valence-electron chi connectivity index (χ4n) is 1.47. The maximum absolute atomic E-state index is 11.9. The third kappa shape index (κ3) is 3.82. The normalized spacial score (nSPS) is 11.3. The predicted octanol–water partition coefficient (Wildman–Crippen LogP) is 0.544. The molecule has 1 rings (SSSR count). The Morgan fingerprint density at radius 3 is 2.28 bits per heavy atom. The summed E-state index contributed by atoms with van der Waals surface area (Å²) in [5.41, 5.74) is 0.433. The van der Waals surface area contributed by atoms with Gasteiger partial charge < -0.3 is 10.0 Å². The molecule has 0 saturated heterocycles. The Bertz CT molecular complexity index is 507. The lowest BCUT2D eigenvalue weighted by Gasteiger charge is -2.16. The number of hydrogen-bond donors (Lipinski definition) is 1. The van der Waals surface area contributed by atoms with Crippen LogP contribution in [0.25, 0.3) is 0 Å². The van der Waals surface area contributed by atoms with Crippen molar-refractivity contribution in [2.75, 3.05) is 26.5 Å². The summed E-state index contributed by atoms with van der Waals surface area (Å²) in [6.07, 6.45) is 1.64. The molecule has 0 fully saturated rings. The molecule has 0 radical (unpaired) electrons. The number of carbonyl (C=O) groups excluding carboxylic acids is 1. The van der Waals surface area contributed by atoms with Crippen molar-refractivity contribution in [3.05, 3.63) is 29.8 Å². The van der Waals surface area contributed by atoms with Gasteiger partial charge in [0.25, 0.3) is 5.91 Å². The Hall–Kier alpha value is -1.40. The quantitative estimate of drug-likeness (QED) is 0.848. The van der Waals surface area contributed by atoms with Crippen LogP contribution < -0.4 is 0 Å². The molecule has 100 valence electrons. The van der Waals surface area contributed by atoms with Crippen LogP contribution in [-0.2, 0) is 9.84 Å². The zero-order chi connectivity index (χ0) is 13.8. The van der Waals surface area contributed by atoms with Crippen molar-refractivity contribution < 1.29 is 18.3 Å². The molecule has 0 aliphatic carbocycles. The second-order valence-electron chi connectivity index (χ2n) is 4.10. The Kier molecular flexibility index (Phi) is 4.86. The number of sulfone groups is 1. The summed E-state index contributed by atoms with van der Waals surface area (Å²) in [4.78, 5) is 13.6. The molecule has 0 atom stereocenters. The van der Waals surface area contributed by atoms with E-state index < -0.39 is 9.84 Å². The molecule has 1 N–H and O–H groups in total. The first kappa shape index (κ1) is 14.7. The van der Waals surface area contributed by atoms with Gasteiger partial charge in [0.05, 0.1) is 4.90 Å². The topological polar surface area (TPSA) is 74.7 Å². The summed E-state index contributed by atoms with van der Waals surface area (Å²) in [6.45, 7) is 0.494. The molecule has 0 unspecified atom stereocenters. The highest BCUT2D eigenvalue weighted by molar-refractivity contribution is 7.90. The molecular formula is C12H17NO4S. The lowest BCUT2D eigenvalue weighted by Crippen LogP contribution is -2.28. The molecule has 1 amide bonds.